The molecule has 0 saturated carbocycles. The van der Waals surface area contributed by atoms with E-state index in [9.17, 15) is 4.79 Å². The Morgan fingerprint density at radius 3 is 2.40 bits per heavy atom. The van der Waals surface area contributed by atoms with Crippen LogP contribution in [0, 0.1) is 0 Å². The molecular formula is C22H21NOS. The lowest BCUT2D eigenvalue weighted by atomic mass is 10.0. The fraction of sp³-hybridized carbons (Fsp3) is 0.227. The van der Waals surface area contributed by atoms with E-state index in [1.807, 2.05) is 30.3 Å². The van der Waals surface area contributed by atoms with Crippen molar-refractivity contribution in [1.29, 1.82) is 0 Å². The van der Waals surface area contributed by atoms with Crippen LogP contribution in [-0.4, -0.2) is 11.2 Å². The molecule has 4 rings (SSSR count). The summed E-state index contributed by atoms with van der Waals surface area (Å²) < 4.78 is 0. The smallest absolute Gasteiger partial charge is 0.255 e. The summed E-state index contributed by atoms with van der Waals surface area (Å²) in [6, 6.07) is 18.4. The van der Waals surface area contributed by atoms with Crippen molar-refractivity contribution in [2.75, 3.05) is 5.32 Å². The number of amides is 1. The van der Waals surface area contributed by atoms with Crippen LogP contribution in [0.2, 0.25) is 0 Å². The Morgan fingerprint density at radius 2 is 1.68 bits per heavy atom. The zero-order valence-electron chi connectivity index (χ0n) is 14.5. The number of hydrogen-bond donors (Lipinski definition) is 1. The van der Waals surface area contributed by atoms with Crippen molar-refractivity contribution in [2.24, 2.45) is 0 Å². The minimum absolute atomic E-state index is 0.0557. The second-order valence-corrected chi connectivity index (χ2v) is 8.41. The minimum atomic E-state index is -0.0557. The van der Waals surface area contributed by atoms with Crippen LogP contribution in [0.5, 0.6) is 0 Å². The molecule has 126 valence electrons. The average molecular weight is 347 g/mol. The van der Waals surface area contributed by atoms with Gasteiger partial charge in [0.2, 0.25) is 0 Å². The zero-order chi connectivity index (χ0) is 17.4. The summed E-state index contributed by atoms with van der Waals surface area (Å²) in [5.41, 5.74) is 4.36. The molecule has 1 aliphatic carbocycles. The van der Waals surface area contributed by atoms with Gasteiger partial charge in [-0.15, -0.1) is 11.8 Å². The molecule has 25 heavy (non-hydrogen) atoms. The van der Waals surface area contributed by atoms with Crippen molar-refractivity contribution in [3.8, 4) is 0 Å². The van der Waals surface area contributed by atoms with Crippen molar-refractivity contribution in [3.05, 3.63) is 71.3 Å². The number of nitrogens with one attached hydrogen (secondary N) is 1. The van der Waals surface area contributed by atoms with E-state index in [-0.39, 0.29) is 5.91 Å². The maximum Gasteiger partial charge on any atom is 0.255 e. The molecule has 0 fully saturated rings. The first-order valence-electron chi connectivity index (χ1n) is 8.73. The first kappa shape index (κ1) is 16.2. The van der Waals surface area contributed by atoms with Crippen molar-refractivity contribution in [2.45, 2.75) is 36.8 Å². The second kappa shape index (κ2) is 6.57. The van der Waals surface area contributed by atoms with E-state index in [1.54, 1.807) is 11.8 Å². The SMILES string of the molecule is CC(C)Sc1ccc(C(=O)Nc2ccc3c4c(cccc24)CC3)cc1. The molecule has 3 aromatic carbocycles. The maximum atomic E-state index is 12.7. The fourth-order valence-corrected chi connectivity index (χ4v) is 4.34. The van der Waals surface area contributed by atoms with Gasteiger partial charge in [-0.05, 0) is 59.7 Å². The van der Waals surface area contributed by atoms with E-state index in [4.69, 9.17) is 0 Å². The van der Waals surface area contributed by atoms with Gasteiger partial charge in [0.25, 0.3) is 5.91 Å². The summed E-state index contributed by atoms with van der Waals surface area (Å²) in [5, 5.41) is 6.10. The van der Waals surface area contributed by atoms with E-state index in [2.05, 4.69) is 43.4 Å². The topological polar surface area (TPSA) is 29.1 Å². The van der Waals surface area contributed by atoms with Crippen LogP contribution < -0.4 is 5.32 Å². The lowest BCUT2D eigenvalue weighted by Gasteiger charge is -2.11. The van der Waals surface area contributed by atoms with E-state index >= 15 is 0 Å². The molecule has 1 aliphatic rings. The molecule has 3 aromatic rings. The lowest BCUT2D eigenvalue weighted by molar-refractivity contribution is 0.102. The Balaban J connectivity index is 1.60. The van der Waals surface area contributed by atoms with E-state index in [1.165, 1.54) is 21.4 Å². The molecule has 2 nitrogen and oxygen atoms in total. The molecule has 0 spiro atoms. The predicted molar refractivity (Wildman–Crippen MR) is 107 cm³/mol. The van der Waals surface area contributed by atoms with Gasteiger partial charge in [0, 0.05) is 26.8 Å². The normalized spacial score (nSPS) is 12.8. The summed E-state index contributed by atoms with van der Waals surface area (Å²) in [6.07, 6.45) is 2.19. The molecule has 0 unspecified atom stereocenters. The molecule has 1 amide bonds. The zero-order valence-corrected chi connectivity index (χ0v) is 15.3. The van der Waals surface area contributed by atoms with Gasteiger partial charge in [-0.25, -0.2) is 0 Å². The monoisotopic (exact) mass is 347 g/mol. The number of hydrogen-bond acceptors (Lipinski definition) is 2. The first-order chi connectivity index (χ1) is 12.1. The summed E-state index contributed by atoms with van der Waals surface area (Å²) in [4.78, 5) is 13.9. The number of anilines is 1. The van der Waals surface area contributed by atoms with Crippen molar-refractivity contribution in [1.82, 2.24) is 0 Å². The summed E-state index contributed by atoms with van der Waals surface area (Å²) in [5.74, 6) is -0.0557. The first-order valence-corrected chi connectivity index (χ1v) is 9.61. The van der Waals surface area contributed by atoms with Gasteiger partial charge < -0.3 is 5.32 Å². The Kier molecular flexibility index (Phi) is 4.26. The van der Waals surface area contributed by atoms with Gasteiger partial charge in [0.05, 0.1) is 0 Å². The second-order valence-electron chi connectivity index (χ2n) is 6.76. The third-order valence-corrected chi connectivity index (χ3v) is 5.63. The molecule has 0 aromatic heterocycles. The Morgan fingerprint density at radius 1 is 0.960 bits per heavy atom. The van der Waals surface area contributed by atoms with Crippen LogP contribution in [0.4, 0.5) is 5.69 Å². The Hall–Kier alpha value is -2.26. The highest BCUT2D eigenvalue weighted by Crippen LogP contribution is 2.35. The van der Waals surface area contributed by atoms with Crippen LogP contribution in [-0.2, 0) is 12.8 Å². The van der Waals surface area contributed by atoms with Gasteiger partial charge in [-0.1, -0.05) is 38.1 Å². The van der Waals surface area contributed by atoms with Gasteiger partial charge >= 0.3 is 0 Å². The van der Waals surface area contributed by atoms with Crippen LogP contribution in [0.1, 0.15) is 35.3 Å². The van der Waals surface area contributed by atoms with Crippen molar-refractivity contribution < 1.29 is 4.79 Å². The quantitative estimate of drug-likeness (QED) is 0.614. The largest absolute Gasteiger partial charge is 0.321 e. The van der Waals surface area contributed by atoms with E-state index < -0.39 is 0 Å². The summed E-state index contributed by atoms with van der Waals surface area (Å²) >= 11 is 1.80. The van der Waals surface area contributed by atoms with Crippen LogP contribution in [0.25, 0.3) is 10.8 Å². The number of benzene rings is 3. The van der Waals surface area contributed by atoms with Crippen LogP contribution in [0.15, 0.2) is 59.5 Å². The highest BCUT2D eigenvalue weighted by molar-refractivity contribution is 7.99. The molecule has 0 atom stereocenters. The van der Waals surface area contributed by atoms with Crippen molar-refractivity contribution >= 4 is 34.1 Å². The van der Waals surface area contributed by atoms with Crippen LogP contribution >= 0.6 is 11.8 Å². The van der Waals surface area contributed by atoms with Gasteiger partial charge in [-0.2, -0.15) is 0 Å². The number of carbonyl (C=O) groups is 1. The predicted octanol–water partition coefficient (Wildman–Crippen LogP) is 5.69. The third-order valence-electron chi connectivity index (χ3n) is 4.61. The standard InChI is InChI=1S/C22H21NOS/c1-14(2)25-18-11-8-17(9-12-18)22(24)23-20-13-10-16-7-6-15-4-3-5-19(20)21(15)16/h3-5,8-14H,6-7H2,1-2H3,(H,23,24). The van der Waals surface area contributed by atoms with E-state index in [0.717, 1.165) is 23.9 Å². The van der Waals surface area contributed by atoms with Crippen LogP contribution in [0.3, 0.4) is 0 Å². The van der Waals surface area contributed by atoms with Gasteiger partial charge in [-0.3, -0.25) is 4.79 Å². The molecule has 0 aliphatic heterocycles. The third kappa shape index (κ3) is 3.16. The molecular weight excluding hydrogens is 326 g/mol. The highest BCUT2D eigenvalue weighted by atomic mass is 32.2. The van der Waals surface area contributed by atoms with Crippen molar-refractivity contribution in [3.63, 3.8) is 0 Å². The number of rotatable bonds is 4. The molecule has 1 N–H and O–H groups in total. The molecule has 0 saturated heterocycles. The summed E-state index contributed by atoms with van der Waals surface area (Å²) in [6.45, 7) is 4.34. The molecule has 0 heterocycles. The molecule has 3 heteroatoms. The Bertz CT molecular complexity index is 934. The number of thioether (sulfide) groups is 1. The highest BCUT2D eigenvalue weighted by Gasteiger charge is 2.17. The molecule has 0 radical (unpaired) electrons. The fourth-order valence-electron chi connectivity index (χ4n) is 3.51. The minimum Gasteiger partial charge on any atom is -0.321 e. The van der Waals surface area contributed by atoms with Gasteiger partial charge in [0.15, 0.2) is 0 Å². The number of carbonyl (C=O) groups excluding carboxylic acids is 1. The van der Waals surface area contributed by atoms with E-state index in [0.29, 0.717) is 10.8 Å². The Labute approximate surface area is 152 Å². The average Bonchev–Trinajstić information content (AvgIpc) is 3.02. The maximum absolute atomic E-state index is 12.7. The lowest BCUT2D eigenvalue weighted by Crippen LogP contribution is -2.12. The number of aryl methyl sites for hydroxylation is 2. The van der Waals surface area contributed by atoms with Gasteiger partial charge in [0.1, 0.15) is 0 Å². The summed E-state index contributed by atoms with van der Waals surface area (Å²) in [7, 11) is 0. The molecule has 0 bridgehead atoms.